The molecule has 1 atom stereocenters. The lowest BCUT2D eigenvalue weighted by atomic mass is 10.1. The third-order valence-electron chi connectivity index (χ3n) is 2.32. The molecule has 0 amide bonds. The first-order valence-corrected chi connectivity index (χ1v) is 5.98. The van der Waals surface area contributed by atoms with E-state index in [4.69, 9.17) is 4.74 Å². The number of rotatable bonds is 4. The number of hydrogen-bond acceptors (Lipinski definition) is 3. The Bertz CT molecular complexity index is 413. The minimum atomic E-state index is -0.485. The number of carbonyl (C=O) groups is 1. The van der Waals surface area contributed by atoms with Crippen molar-refractivity contribution >= 4 is 5.97 Å². The van der Waals surface area contributed by atoms with Crippen LogP contribution in [0.15, 0.2) is 24.3 Å². The minimum Gasteiger partial charge on any atom is -0.459 e. The number of carbonyl (C=O) groups excluding carboxylic acids is 1. The Labute approximate surface area is 107 Å². The molecule has 3 nitrogen and oxygen atoms in total. The maximum absolute atomic E-state index is 13.0. The molecular formula is C14H20FNO2. The van der Waals surface area contributed by atoms with E-state index in [9.17, 15) is 9.18 Å². The van der Waals surface area contributed by atoms with Gasteiger partial charge >= 0.3 is 5.97 Å². The normalized spacial score (nSPS) is 13.2. The first kappa shape index (κ1) is 14.6. The molecule has 0 saturated carbocycles. The summed E-state index contributed by atoms with van der Waals surface area (Å²) in [6.45, 7) is 7.44. The predicted molar refractivity (Wildman–Crippen MR) is 68.7 cm³/mol. The second kappa shape index (κ2) is 5.96. The van der Waals surface area contributed by atoms with Gasteiger partial charge in [0.25, 0.3) is 0 Å². The zero-order valence-corrected chi connectivity index (χ0v) is 11.3. The highest BCUT2D eigenvalue weighted by atomic mass is 19.1. The van der Waals surface area contributed by atoms with E-state index in [1.165, 1.54) is 12.1 Å². The molecule has 4 heteroatoms. The largest absolute Gasteiger partial charge is 0.459 e. The standard InChI is InChI=1S/C14H20FNO2/c1-10(11-6-5-7-12(15)8-11)16-9-13(17)18-14(2,3)4/h5-8,10,16H,9H2,1-4H3. The van der Waals surface area contributed by atoms with Gasteiger partial charge in [0.05, 0.1) is 6.54 Å². The summed E-state index contributed by atoms with van der Waals surface area (Å²) >= 11 is 0. The molecule has 0 heterocycles. The Morgan fingerprint density at radius 2 is 2.11 bits per heavy atom. The van der Waals surface area contributed by atoms with Crippen molar-refractivity contribution in [1.29, 1.82) is 0 Å². The summed E-state index contributed by atoms with van der Waals surface area (Å²) in [5.41, 5.74) is 0.319. The molecule has 0 aliphatic heterocycles. The lowest BCUT2D eigenvalue weighted by molar-refractivity contribution is -0.153. The smallest absolute Gasteiger partial charge is 0.320 e. The molecule has 18 heavy (non-hydrogen) atoms. The third kappa shape index (κ3) is 5.27. The van der Waals surface area contributed by atoms with Gasteiger partial charge in [0.2, 0.25) is 0 Å². The van der Waals surface area contributed by atoms with Crippen LogP contribution in [0.3, 0.4) is 0 Å². The van der Waals surface area contributed by atoms with Crippen LogP contribution in [-0.4, -0.2) is 18.1 Å². The zero-order chi connectivity index (χ0) is 13.8. The van der Waals surface area contributed by atoms with Gasteiger partial charge in [-0.1, -0.05) is 12.1 Å². The summed E-state index contributed by atoms with van der Waals surface area (Å²) in [6.07, 6.45) is 0. The van der Waals surface area contributed by atoms with E-state index in [0.717, 1.165) is 5.56 Å². The van der Waals surface area contributed by atoms with Crippen molar-refractivity contribution in [2.45, 2.75) is 39.3 Å². The predicted octanol–water partition coefficient (Wildman–Crippen LogP) is 2.82. The maximum atomic E-state index is 13.0. The molecule has 1 aromatic rings. The molecule has 1 rings (SSSR count). The number of esters is 1. The fourth-order valence-corrected chi connectivity index (χ4v) is 1.51. The monoisotopic (exact) mass is 253 g/mol. The molecule has 0 fully saturated rings. The first-order valence-electron chi connectivity index (χ1n) is 5.98. The Hall–Kier alpha value is -1.42. The molecule has 0 bridgehead atoms. The summed E-state index contributed by atoms with van der Waals surface area (Å²) < 4.78 is 18.2. The second-order valence-corrected chi connectivity index (χ2v) is 5.24. The van der Waals surface area contributed by atoms with Gasteiger partial charge in [-0.2, -0.15) is 0 Å². The van der Waals surface area contributed by atoms with Crippen LogP contribution >= 0.6 is 0 Å². The van der Waals surface area contributed by atoms with Gasteiger partial charge in [-0.3, -0.25) is 4.79 Å². The summed E-state index contributed by atoms with van der Waals surface area (Å²) in [5.74, 6) is -0.593. The van der Waals surface area contributed by atoms with Crippen LogP contribution in [0.1, 0.15) is 39.3 Å². The van der Waals surface area contributed by atoms with Crippen molar-refractivity contribution in [3.63, 3.8) is 0 Å². The number of ether oxygens (including phenoxy) is 1. The van der Waals surface area contributed by atoms with Crippen LogP contribution in [0.4, 0.5) is 4.39 Å². The summed E-state index contributed by atoms with van der Waals surface area (Å²) in [5, 5.41) is 3.01. The fraction of sp³-hybridized carbons (Fsp3) is 0.500. The van der Waals surface area contributed by atoms with Gasteiger partial charge in [-0.05, 0) is 45.4 Å². The highest BCUT2D eigenvalue weighted by Gasteiger charge is 2.16. The average Bonchev–Trinajstić information content (AvgIpc) is 2.23. The maximum Gasteiger partial charge on any atom is 0.320 e. The lowest BCUT2D eigenvalue weighted by Crippen LogP contribution is -2.32. The van der Waals surface area contributed by atoms with Crippen LogP contribution in [0.5, 0.6) is 0 Å². The molecule has 1 N–H and O–H groups in total. The van der Waals surface area contributed by atoms with E-state index in [-0.39, 0.29) is 24.4 Å². The van der Waals surface area contributed by atoms with Gasteiger partial charge in [-0.15, -0.1) is 0 Å². The third-order valence-corrected chi connectivity index (χ3v) is 2.32. The van der Waals surface area contributed by atoms with Gasteiger partial charge in [0, 0.05) is 6.04 Å². The van der Waals surface area contributed by atoms with Crippen LogP contribution < -0.4 is 5.32 Å². The number of hydrogen-bond donors (Lipinski definition) is 1. The number of benzene rings is 1. The Morgan fingerprint density at radius 3 is 2.67 bits per heavy atom. The Morgan fingerprint density at radius 1 is 1.44 bits per heavy atom. The highest BCUT2D eigenvalue weighted by molar-refractivity contribution is 5.72. The topological polar surface area (TPSA) is 38.3 Å². The van der Waals surface area contributed by atoms with Crippen molar-refractivity contribution in [2.24, 2.45) is 0 Å². The molecule has 0 aromatic heterocycles. The molecule has 0 saturated heterocycles. The molecule has 100 valence electrons. The van der Waals surface area contributed by atoms with Crippen molar-refractivity contribution in [3.05, 3.63) is 35.6 Å². The summed E-state index contributed by atoms with van der Waals surface area (Å²) in [4.78, 5) is 11.5. The quantitative estimate of drug-likeness (QED) is 0.838. The molecule has 0 radical (unpaired) electrons. The number of nitrogens with one attached hydrogen (secondary N) is 1. The molecule has 0 aliphatic rings. The summed E-state index contributed by atoms with van der Waals surface area (Å²) in [7, 11) is 0. The first-order chi connectivity index (χ1) is 8.28. The van der Waals surface area contributed by atoms with Crippen LogP contribution in [0, 0.1) is 5.82 Å². The van der Waals surface area contributed by atoms with Gasteiger partial charge in [0.15, 0.2) is 0 Å². The van der Waals surface area contributed by atoms with Crippen molar-refractivity contribution in [3.8, 4) is 0 Å². The molecular weight excluding hydrogens is 233 g/mol. The van der Waals surface area contributed by atoms with E-state index >= 15 is 0 Å². The van der Waals surface area contributed by atoms with Crippen LogP contribution in [0.2, 0.25) is 0 Å². The Balaban J connectivity index is 2.46. The van der Waals surface area contributed by atoms with E-state index < -0.39 is 5.60 Å². The van der Waals surface area contributed by atoms with E-state index in [2.05, 4.69) is 5.32 Å². The van der Waals surface area contributed by atoms with E-state index in [0.29, 0.717) is 0 Å². The zero-order valence-electron chi connectivity index (χ0n) is 11.3. The van der Waals surface area contributed by atoms with Crippen molar-refractivity contribution < 1.29 is 13.9 Å². The molecule has 1 aromatic carbocycles. The molecule has 1 unspecified atom stereocenters. The van der Waals surface area contributed by atoms with Crippen LogP contribution in [-0.2, 0) is 9.53 Å². The molecule has 0 aliphatic carbocycles. The van der Waals surface area contributed by atoms with Crippen molar-refractivity contribution in [2.75, 3.05) is 6.54 Å². The van der Waals surface area contributed by atoms with Gasteiger partial charge in [0.1, 0.15) is 11.4 Å². The van der Waals surface area contributed by atoms with E-state index in [1.807, 2.05) is 33.8 Å². The van der Waals surface area contributed by atoms with E-state index in [1.54, 1.807) is 6.07 Å². The fourth-order valence-electron chi connectivity index (χ4n) is 1.51. The average molecular weight is 253 g/mol. The van der Waals surface area contributed by atoms with Crippen molar-refractivity contribution in [1.82, 2.24) is 5.32 Å². The van der Waals surface area contributed by atoms with Crippen LogP contribution in [0.25, 0.3) is 0 Å². The minimum absolute atomic E-state index is 0.104. The lowest BCUT2D eigenvalue weighted by Gasteiger charge is -2.21. The SMILES string of the molecule is CC(NCC(=O)OC(C)(C)C)c1cccc(F)c1. The van der Waals surface area contributed by atoms with Gasteiger partial charge < -0.3 is 10.1 Å². The Kier molecular flexibility index (Phi) is 4.84. The highest BCUT2D eigenvalue weighted by Crippen LogP contribution is 2.13. The molecule has 0 spiro atoms. The summed E-state index contributed by atoms with van der Waals surface area (Å²) in [6, 6.07) is 6.21. The van der Waals surface area contributed by atoms with Gasteiger partial charge in [-0.25, -0.2) is 4.39 Å². The second-order valence-electron chi connectivity index (χ2n) is 5.24. The number of halogens is 1.